The van der Waals surface area contributed by atoms with Crippen LogP contribution in [0.3, 0.4) is 0 Å². The normalized spacial score (nSPS) is 20.5. The summed E-state index contributed by atoms with van der Waals surface area (Å²) in [4.78, 5) is 0. The third-order valence-electron chi connectivity index (χ3n) is 2.83. The number of nitrogens with one attached hydrogen (secondary N) is 1. The van der Waals surface area contributed by atoms with E-state index in [1.165, 1.54) is 7.11 Å². The molecule has 0 aromatic heterocycles. The van der Waals surface area contributed by atoms with Gasteiger partial charge in [0.15, 0.2) is 17.3 Å². The number of benzene rings is 1. The zero-order valence-electron chi connectivity index (χ0n) is 8.59. The Labute approximate surface area is 87.9 Å². The number of rotatable bonds is 2. The Morgan fingerprint density at radius 1 is 1.53 bits per heavy atom. The van der Waals surface area contributed by atoms with Crippen molar-refractivity contribution in [3.05, 3.63) is 23.5 Å². The van der Waals surface area contributed by atoms with E-state index in [-0.39, 0.29) is 17.4 Å². The monoisotopic (exact) mass is 211 g/mol. The third-order valence-corrected chi connectivity index (χ3v) is 2.83. The van der Waals surface area contributed by atoms with Crippen LogP contribution in [-0.4, -0.2) is 25.3 Å². The van der Waals surface area contributed by atoms with Crippen LogP contribution < -0.4 is 10.1 Å². The van der Waals surface area contributed by atoms with Gasteiger partial charge in [0.2, 0.25) is 0 Å². The van der Waals surface area contributed by atoms with Crippen molar-refractivity contribution in [1.82, 2.24) is 5.32 Å². The lowest BCUT2D eigenvalue weighted by atomic mass is 9.97. The highest BCUT2D eigenvalue weighted by molar-refractivity contribution is 5.44. The topological polar surface area (TPSA) is 41.5 Å². The minimum absolute atomic E-state index is 0.154. The molecule has 3 nitrogen and oxygen atoms in total. The number of phenolic OH excluding ortho intramolecular Hbond substituents is 1. The van der Waals surface area contributed by atoms with Gasteiger partial charge in [-0.25, -0.2) is 4.39 Å². The lowest BCUT2D eigenvalue weighted by molar-refractivity contribution is 0.354. The van der Waals surface area contributed by atoms with Crippen molar-refractivity contribution in [2.75, 3.05) is 20.2 Å². The third kappa shape index (κ3) is 1.77. The Morgan fingerprint density at radius 3 is 2.93 bits per heavy atom. The summed E-state index contributed by atoms with van der Waals surface area (Å²) >= 11 is 0. The lowest BCUT2D eigenvalue weighted by Crippen LogP contribution is -2.09. The van der Waals surface area contributed by atoms with Gasteiger partial charge in [-0.3, -0.25) is 0 Å². The molecule has 1 aromatic rings. The molecule has 1 aromatic carbocycles. The van der Waals surface area contributed by atoms with Gasteiger partial charge in [-0.2, -0.15) is 0 Å². The van der Waals surface area contributed by atoms with Crippen LogP contribution in [0.2, 0.25) is 0 Å². The molecule has 15 heavy (non-hydrogen) atoms. The molecule has 0 spiro atoms. The maximum atomic E-state index is 13.7. The molecule has 2 rings (SSSR count). The summed E-state index contributed by atoms with van der Waals surface area (Å²) < 4.78 is 18.6. The average molecular weight is 211 g/mol. The fourth-order valence-corrected chi connectivity index (χ4v) is 1.96. The second-order valence-corrected chi connectivity index (χ2v) is 3.71. The lowest BCUT2D eigenvalue weighted by Gasteiger charge is -2.12. The van der Waals surface area contributed by atoms with Gasteiger partial charge in [-0.1, -0.05) is 6.07 Å². The molecule has 4 heteroatoms. The first-order chi connectivity index (χ1) is 7.24. The number of aromatic hydroxyl groups is 1. The van der Waals surface area contributed by atoms with E-state index in [0.29, 0.717) is 5.56 Å². The summed E-state index contributed by atoms with van der Waals surface area (Å²) in [6, 6.07) is 3.29. The number of ether oxygens (including phenoxy) is 1. The summed E-state index contributed by atoms with van der Waals surface area (Å²) in [5.74, 6) is -0.603. The van der Waals surface area contributed by atoms with E-state index in [9.17, 15) is 9.50 Å². The Hall–Kier alpha value is -1.29. The van der Waals surface area contributed by atoms with Crippen LogP contribution in [0, 0.1) is 5.82 Å². The summed E-state index contributed by atoms with van der Waals surface area (Å²) in [5.41, 5.74) is 0.568. The van der Waals surface area contributed by atoms with Gasteiger partial charge in [0.05, 0.1) is 7.11 Å². The van der Waals surface area contributed by atoms with Crippen LogP contribution in [0.25, 0.3) is 0 Å². The van der Waals surface area contributed by atoms with Gasteiger partial charge in [0.1, 0.15) is 0 Å². The molecule has 1 atom stereocenters. The molecule has 1 saturated heterocycles. The van der Waals surface area contributed by atoms with Gasteiger partial charge in [0, 0.05) is 12.5 Å². The number of halogens is 1. The number of hydrogen-bond acceptors (Lipinski definition) is 3. The summed E-state index contributed by atoms with van der Waals surface area (Å²) in [6.07, 6.45) is 0.905. The maximum absolute atomic E-state index is 13.7. The predicted octanol–water partition coefficient (Wildman–Crippen LogP) is 1.62. The molecule has 1 unspecified atom stereocenters. The standard InChI is InChI=1S/C11H14FNO2/c1-15-9-3-2-8(10(12)11(9)14)7-4-5-13-6-7/h2-3,7,13-14H,4-6H2,1H3. The van der Waals surface area contributed by atoms with E-state index in [1.807, 2.05) is 0 Å². The second kappa shape index (κ2) is 4.06. The Kier molecular flexibility index (Phi) is 2.77. The largest absolute Gasteiger partial charge is 0.502 e. The fraction of sp³-hybridized carbons (Fsp3) is 0.455. The molecular weight excluding hydrogens is 197 g/mol. The zero-order chi connectivity index (χ0) is 10.8. The highest BCUT2D eigenvalue weighted by Gasteiger charge is 2.23. The summed E-state index contributed by atoms with van der Waals surface area (Å²) in [6.45, 7) is 1.67. The van der Waals surface area contributed by atoms with Gasteiger partial charge in [-0.05, 0) is 24.6 Å². The zero-order valence-corrected chi connectivity index (χ0v) is 8.59. The highest BCUT2D eigenvalue weighted by Crippen LogP contribution is 2.35. The minimum Gasteiger partial charge on any atom is -0.502 e. The van der Waals surface area contributed by atoms with E-state index >= 15 is 0 Å². The SMILES string of the molecule is COc1ccc(C2CCNC2)c(F)c1O. The van der Waals surface area contributed by atoms with Crippen LogP contribution in [0.1, 0.15) is 17.9 Å². The molecule has 82 valence electrons. The van der Waals surface area contributed by atoms with Crippen molar-refractivity contribution in [2.24, 2.45) is 0 Å². The van der Waals surface area contributed by atoms with Crippen molar-refractivity contribution < 1.29 is 14.2 Å². The fourth-order valence-electron chi connectivity index (χ4n) is 1.96. The molecule has 0 aliphatic carbocycles. The van der Waals surface area contributed by atoms with Crippen LogP contribution in [0.15, 0.2) is 12.1 Å². The van der Waals surface area contributed by atoms with Gasteiger partial charge >= 0.3 is 0 Å². The number of hydrogen-bond donors (Lipinski definition) is 2. The number of phenols is 1. The summed E-state index contributed by atoms with van der Waals surface area (Å²) in [5, 5.41) is 12.7. The highest BCUT2D eigenvalue weighted by atomic mass is 19.1. The van der Waals surface area contributed by atoms with Gasteiger partial charge < -0.3 is 15.2 Å². The van der Waals surface area contributed by atoms with Gasteiger partial charge in [-0.15, -0.1) is 0 Å². The van der Waals surface area contributed by atoms with E-state index in [2.05, 4.69) is 5.32 Å². The average Bonchev–Trinajstić information content (AvgIpc) is 2.75. The van der Waals surface area contributed by atoms with Crippen LogP contribution in [0.4, 0.5) is 4.39 Å². The molecule has 1 heterocycles. The molecule has 1 fully saturated rings. The molecule has 0 bridgehead atoms. The first-order valence-corrected chi connectivity index (χ1v) is 5.00. The smallest absolute Gasteiger partial charge is 0.194 e. The van der Waals surface area contributed by atoms with Crippen molar-refractivity contribution >= 4 is 0 Å². The number of methoxy groups -OCH3 is 1. The van der Waals surface area contributed by atoms with Crippen molar-refractivity contribution in [2.45, 2.75) is 12.3 Å². The molecule has 2 N–H and O–H groups in total. The predicted molar refractivity (Wildman–Crippen MR) is 54.8 cm³/mol. The van der Waals surface area contributed by atoms with Crippen LogP contribution in [-0.2, 0) is 0 Å². The van der Waals surface area contributed by atoms with Gasteiger partial charge in [0.25, 0.3) is 0 Å². The van der Waals surface area contributed by atoms with Crippen molar-refractivity contribution in [3.63, 3.8) is 0 Å². The van der Waals surface area contributed by atoms with Crippen molar-refractivity contribution in [3.8, 4) is 11.5 Å². The summed E-state index contributed by atoms with van der Waals surface area (Å²) in [7, 11) is 1.41. The second-order valence-electron chi connectivity index (χ2n) is 3.71. The molecule has 0 amide bonds. The van der Waals surface area contributed by atoms with Crippen molar-refractivity contribution in [1.29, 1.82) is 0 Å². The minimum atomic E-state index is -0.553. The van der Waals surface area contributed by atoms with E-state index in [1.54, 1.807) is 12.1 Å². The Balaban J connectivity index is 2.36. The first kappa shape index (κ1) is 10.2. The molecule has 1 aliphatic rings. The molecule has 1 aliphatic heterocycles. The van der Waals surface area contributed by atoms with E-state index < -0.39 is 5.82 Å². The van der Waals surface area contributed by atoms with E-state index in [0.717, 1.165) is 19.5 Å². The Morgan fingerprint density at radius 2 is 2.33 bits per heavy atom. The van der Waals surface area contributed by atoms with Crippen LogP contribution >= 0.6 is 0 Å². The Bertz CT molecular complexity index is 362. The molecular formula is C11H14FNO2. The van der Waals surface area contributed by atoms with Crippen LogP contribution in [0.5, 0.6) is 11.5 Å². The maximum Gasteiger partial charge on any atom is 0.194 e. The van der Waals surface area contributed by atoms with E-state index in [4.69, 9.17) is 4.74 Å². The first-order valence-electron chi connectivity index (χ1n) is 5.00. The molecule has 0 saturated carbocycles. The quantitative estimate of drug-likeness (QED) is 0.781. The molecule has 0 radical (unpaired) electrons.